The molecule has 3 N–H and O–H groups in total. The quantitative estimate of drug-likeness (QED) is 0.504. The van der Waals surface area contributed by atoms with Crippen molar-refractivity contribution < 1.29 is 9.53 Å². The van der Waals surface area contributed by atoms with Crippen LogP contribution in [0.1, 0.15) is 24.7 Å². The molecule has 3 aromatic rings. The molecule has 3 rings (SSSR count). The van der Waals surface area contributed by atoms with Gasteiger partial charge in [0.2, 0.25) is 0 Å². The number of nitrogens with zero attached hydrogens (tertiary/aromatic N) is 2. The second-order valence-corrected chi connectivity index (χ2v) is 6.08. The van der Waals surface area contributed by atoms with Gasteiger partial charge in [-0.05, 0) is 36.8 Å². The minimum atomic E-state index is -0.200. The predicted molar refractivity (Wildman–Crippen MR) is 104 cm³/mol. The van der Waals surface area contributed by atoms with E-state index in [0.717, 1.165) is 28.1 Å². The van der Waals surface area contributed by atoms with Crippen LogP contribution in [0, 0.1) is 0 Å². The van der Waals surface area contributed by atoms with Gasteiger partial charge >= 0.3 is 5.97 Å². The monoisotopic (exact) mass is 352 g/mol. The van der Waals surface area contributed by atoms with Crippen molar-refractivity contribution in [2.24, 2.45) is 0 Å². The zero-order valence-corrected chi connectivity index (χ0v) is 15.2. The molecule has 0 aliphatic heterocycles. The second kappa shape index (κ2) is 7.91. The van der Waals surface area contributed by atoms with Gasteiger partial charge in [-0.15, -0.1) is 0 Å². The van der Waals surface area contributed by atoms with Gasteiger partial charge in [0, 0.05) is 20.0 Å². The summed E-state index contributed by atoms with van der Waals surface area (Å²) in [5, 5.41) is 3.07. The number of nitrogens with two attached hydrogens (primary N) is 1. The Kier molecular flexibility index (Phi) is 5.41. The van der Waals surface area contributed by atoms with Gasteiger partial charge in [0.1, 0.15) is 5.82 Å². The highest BCUT2D eigenvalue weighted by Crippen LogP contribution is 2.23. The topological polar surface area (TPSA) is 82.2 Å². The molecule has 0 aliphatic rings. The first kappa shape index (κ1) is 17.8. The molecule has 136 valence electrons. The highest BCUT2D eigenvalue weighted by atomic mass is 16.5. The lowest BCUT2D eigenvalue weighted by Gasteiger charge is -2.12. The van der Waals surface area contributed by atoms with E-state index in [0.29, 0.717) is 31.7 Å². The highest BCUT2D eigenvalue weighted by molar-refractivity contribution is 5.76. The largest absolute Gasteiger partial charge is 0.466 e. The number of nitrogens with one attached hydrogen (secondary N) is 1. The van der Waals surface area contributed by atoms with E-state index in [4.69, 9.17) is 15.5 Å². The molecule has 0 fully saturated rings. The summed E-state index contributed by atoms with van der Waals surface area (Å²) in [5.74, 6) is 0.671. The Morgan fingerprint density at radius 1 is 1.27 bits per heavy atom. The summed E-state index contributed by atoms with van der Waals surface area (Å²) in [4.78, 5) is 16.4. The van der Waals surface area contributed by atoms with Gasteiger partial charge in [0.15, 0.2) is 0 Å². The average molecular weight is 352 g/mol. The van der Waals surface area contributed by atoms with Crippen molar-refractivity contribution in [3.05, 3.63) is 53.9 Å². The summed E-state index contributed by atoms with van der Waals surface area (Å²) in [6, 6.07) is 14.0. The number of rotatable bonds is 7. The van der Waals surface area contributed by atoms with E-state index in [2.05, 4.69) is 9.88 Å². The van der Waals surface area contributed by atoms with Crippen LogP contribution in [-0.4, -0.2) is 29.2 Å². The number of benzene rings is 2. The van der Waals surface area contributed by atoms with Gasteiger partial charge in [-0.3, -0.25) is 4.79 Å². The van der Waals surface area contributed by atoms with Gasteiger partial charge in [-0.1, -0.05) is 18.2 Å². The molecule has 0 radical (unpaired) electrons. The smallest absolute Gasteiger partial charge is 0.306 e. The Morgan fingerprint density at radius 3 is 2.81 bits per heavy atom. The molecule has 0 spiro atoms. The Balaban J connectivity index is 1.91. The molecule has 2 aromatic carbocycles. The number of hydrogen-bond donors (Lipinski definition) is 2. The first-order chi connectivity index (χ1) is 12.6. The fraction of sp³-hybridized carbons (Fsp3) is 0.300. The van der Waals surface area contributed by atoms with Crippen molar-refractivity contribution in [3.63, 3.8) is 0 Å². The van der Waals surface area contributed by atoms with E-state index in [-0.39, 0.29) is 5.97 Å². The molecule has 0 amide bonds. The molecular formula is C20H24N4O2. The van der Waals surface area contributed by atoms with Crippen molar-refractivity contribution in [1.29, 1.82) is 0 Å². The molecule has 0 unspecified atom stereocenters. The molecule has 0 atom stereocenters. The number of aryl methyl sites for hydroxylation is 1. The number of esters is 1. The predicted octanol–water partition coefficient (Wildman–Crippen LogP) is 3.20. The molecule has 1 heterocycles. The van der Waals surface area contributed by atoms with Crippen LogP contribution in [-0.2, 0) is 22.5 Å². The van der Waals surface area contributed by atoms with E-state index < -0.39 is 0 Å². The number of fused-ring (bicyclic) bond motifs is 1. The highest BCUT2D eigenvalue weighted by Gasteiger charge is 2.13. The summed E-state index contributed by atoms with van der Waals surface area (Å²) in [6.07, 6.45) is 0.857. The molecule has 0 bridgehead atoms. The normalized spacial score (nSPS) is 10.8. The number of carbonyl (C=O) groups excluding carboxylic acids is 1. The standard InChI is InChI=1S/C20H24N4O2/c1-3-26-20(25)11-10-19-23-17-6-4-5-7-18(17)24(19)13-14-8-9-16(22-2)15(21)12-14/h4-9,12,22H,3,10-11,13,21H2,1-2H3. The summed E-state index contributed by atoms with van der Waals surface area (Å²) in [6.45, 7) is 2.85. The molecule has 0 saturated carbocycles. The fourth-order valence-electron chi connectivity index (χ4n) is 3.06. The molecule has 0 saturated heterocycles. The van der Waals surface area contributed by atoms with Crippen LogP contribution < -0.4 is 11.1 Å². The maximum atomic E-state index is 11.7. The van der Waals surface area contributed by atoms with Gasteiger partial charge < -0.3 is 20.4 Å². The van der Waals surface area contributed by atoms with E-state index in [1.807, 2.05) is 56.4 Å². The Hall–Kier alpha value is -3.02. The zero-order chi connectivity index (χ0) is 18.5. The third kappa shape index (κ3) is 3.79. The molecule has 6 nitrogen and oxygen atoms in total. The number of carbonyl (C=O) groups is 1. The number of hydrogen-bond acceptors (Lipinski definition) is 5. The lowest BCUT2D eigenvalue weighted by molar-refractivity contribution is -0.143. The third-order valence-corrected chi connectivity index (χ3v) is 4.32. The van der Waals surface area contributed by atoms with Gasteiger partial charge in [-0.2, -0.15) is 0 Å². The summed E-state index contributed by atoms with van der Waals surface area (Å²) in [7, 11) is 1.85. The van der Waals surface area contributed by atoms with Gasteiger partial charge in [-0.25, -0.2) is 4.98 Å². The van der Waals surface area contributed by atoms with Crippen molar-refractivity contribution in [3.8, 4) is 0 Å². The molecule has 0 aliphatic carbocycles. The van der Waals surface area contributed by atoms with E-state index >= 15 is 0 Å². The minimum absolute atomic E-state index is 0.200. The summed E-state index contributed by atoms with van der Waals surface area (Å²) < 4.78 is 7.18. The van der Waals surface area contributed by atoms with Crippen LogP contribution in [0.5, 0.6) is 0 Å². The van der Waals surface area contributed by atoms with Crippen molar-refractivity contribution in [2.45, 2.75) is 26.3 Å². The van der Waals surface area contributed by atoms with Crippen LogP contribution in [0.4, 0.5) is 11.4 Å². The van der Waals surface area contributed by atoms with Gasteiger partial charge in [0.05, 0.1) is 35.4 Å². The lowest BCUT2D eigenvalue weighted by atomic mass is 10.1. The van der Waals surface area contributed by atoms with Crippen LogP contribution in [0.15, 0.2) is 42.5 Å². The molecule has 6 heteroatoms. The first-order valence-corrected chi connectivity index (χ1v) is 8.78. The minimum Gasteiger partial charge on any atom is -0.466 e. The van der Waals surface area contributed by atoms with Crippen LogP contribution in [0.25, 0.3) is 11.0 Å². The molecular weight excluding hydrogens is 328 g/mol. The maximum absolute atomic E-state index is 11.7. The first-order valence-electron chi connectivity index (χ1n) is 8.78. The number of imidazole rings is 1. The average Bonchev–Trinajstić information content (AvgIpc) is 2.98. The van der Waals surface area contributed by atoms with E-state index in [1.165, 1.54) is 0 Å². The number of aromatic nitrogens is 2. The van der Waals surface area contributed by atoms with Crippen LogP contribution in [0.3, 0.4) is 0 Å². The Morgan fingerprint density at radius 2 is 2.08 bits per heavy atom. The summed E-state index contributed by atoms with van der Waals surface area (Å²) >= 11 is 0. The van der Waals surface area contributed by atoms with Crippen molar-refractivity contribution in [2.75, 3.05) is 24.7 Å². The Bertz CT molecular complexity index is 917. The van der Waals surface area contributed by atoms with Crippen molar-refractivity contribution >= 4 is 28.4 Å². The van der Waals surface area contributed by atoms with Crippen molar-refractivity contribution in [1.82, 2.24) is 9.55 Å². The number of anilines is 2. The fourth-order valence-corrected chi connectivity index (χ4v) is 3.06. The Labute approximate surface area is 153 Å². The number of para-hydroxylation sites is 2. The van der Waals surface area contributed by atoms with Crippen LogP contribution in [0.2, 0.25) is 0 Å². The number of nitrogen functional groups attached to an aromatic ring is 1. The number of ether oxygens (including phenoxy) is 1. The SMILES string of the molecule is CCOC(=O)CCc1nc2ccccc2n1Cc1ccc(NC)c(N)c1. The van der Waals surface area contributed by atoms with E-state index in [9.17, 15) is 4.79 Å². The molecule has 26 heavy (non-hydrogen) atoms. The lowest BCUT2D eigenvalue weighted by Crippen LogP contribution is -2.10. The second-order valence-electron chi connectivity index (χ2n) is 6.08. The maximum Gasteiger partial charge on any atom is 0.306 e. The third-order valence-electron chi connectivity index (χ3n) is 4.32. The van der Waals surface area contributed by atoms with Gasteiger partial charge in [0.25, 0.3) is 0 Å². The zero-order valence-electron chi connectivity index (χ0n) is 15.2. The van der Waals surface area contributed by atoms with E-state index in [1.54, 1.807) is 0 Å². The molecule has 1 aromatic heterocycles. The van der Waals surface area contributed by atoms with Crippen LogP contribution >= 0.6 is 0 Å². The summed E-state index contributed by atoms with van der Waals surface area (Å²) in [5.41, 5.74) is 10.8.